The van der Waals surface area contributed by atoms with Gasteiger partial charge in [0.15, 0.2) is 0 Å². The molecule has 2 heterocycles. The van der Waals surface area contributed by atoms with E-state index >= 15 is 0 Å². The summed E-state index contributed by atoms with van der Waals surface area (Å²) in [7, 11) is 0. The first-order chi connectivity index (χ1) is 8.61. The van der Waals surface area contributed by atoms with Gasteiger partial charge in [0.25, 0.3) is 5.91 Å². The van der Waals surface area contributed by atoms with Gasteiger partial charge in [-0.1, -0.05) is 6.92 Å². The zero-order chi connectivity index (χ0) is 13.1. The highest BCUT2D eigenvalue weighted by Crippen LogP contribution is 2.15. The largest absolute Gasteiger partial charge is 0.387 e. The second kappa shape index (κ2) is 4.97. The molecule has 0 bridgehead atoms. The molecule has 94 valence electrons. The van der Waals surface area contributed by atoms with E-state index in [2.05, 4.69) is 10.1 Å². The predicted molar refractivity (Wildman–Crippen MR) is 65.1 cm³/mol. The number of hydrogen-bond donors (Lipinski definition) is 2. The topological polar surface area (TPSA) is 94.0 Å². The van der Waals surface area contributed by atoms with Crippen LogP contribution in [-0.4, -0.2) is 25.8 Å². The molecule has 1 atom stereocenters. The molecule has 0 aliphatic rings. The molecule has 2 aromatic heterocycles. The van der Waals surface area contributed by atoms with Crippen LogP contribution < -0.4 is 5.73 Å². The highest BCUT2D eigenvalue weighted by atomic mass is 16.3. The maximum absolute atomic E-state index is 10.9. The van der Waals surface area contributed by atoms with Crippen LogP contribution in [-0.2, 0) is 0 Å². The molecular formula is C12H14N4O2. The lowest BCUT2D eigenvalue weighted by Gasteiger charge is -2.07. The number of aliphatic hydroxyl groups is 1. The van der Waals surface area contributed by atoms with Crippen LogP contribution in [0, 0.1) is 0 Å². The van der Waals surface area contributed by atoms with Gasteiger partial charge in [0, 0.05) is 6.20 Å². The minimum atomic E-state index is -0.570. The maximum atomic E-state index is 10.9. The van der Waals surface area contributed by atoms with Crippen molar-refractivity contribution in [1.29, 1.82) is 0 Å². The lowest BCUT2D eigenvalue weighted by atomic mass is 10.2. The first kappa shape index (κ1) is 12.3. The molecule has 0 aromatic carbocycles. The number of pyridine rings is 1. The fourth-order valence-electron chi connectivity index (χ4n) is 1.54. The van der Waals surface area contributed by atoms with Gasteiger partial charge in [0.2, 0.25) is 0 Å². The van der Waals surface area contributed by atoms with Crippen LogP contribution in [0.15, 0.2) is 30.6 Å². The van der Waals surface area contributed by atoms with Crippen molar-refractivity contribution in [1.82, 2.24) is 14.8 Å². The van der Waals surface area contributed by atoms with E-state index < -0.39 is 12.0 Å². The van der Waals surface area contributed by atoms with Gasteiger partial charge < -0.3 is 10.8 Å². The summed E-state index contributed by atoms with van der Waals surface area (Å²) in [6.45, 7) is 1.88. The van der Waals surface area contributed by atoms with Crippen molar-refractivity contribution in [3.8, 4) is 5.69 Å². The molecule has 18 heavy (non-hydrogen) atoms. The molecule has 0 radical (unpaired) electrons. The first-order valence-electron chi connectivity index (χ1n) is 5.61. The zero-order valence-electron chi connectivity index (χ0n) is 9.95. The van der Waals surface area contributed by atoms with E-state index in [1.165, 1.54) is 10.7 Å². The summed E-state index contributed by atoms with van der Waals surface area (Å²) >= 11 is 0. The van der Waals surface area contributed by atoms with Crippen molar-refractivity contribution in [2.24, 2.45) is 5.73 Å². The third-order valence-corrected chi connectivity index (χ3v) is 2.60. The van der Waals surface area contributed by atoms with E-state index in [1.54, 1.807) is 24.5 Å². The first-order valence-corrected chi connectivity index (χ1v) is 5.61. The molecule has 0 saturated heterocycles. The van der Waals surface area contributed by atoms with Gasteiger partial charge in [-0.05, 0) is 24.6 Å². The molecule has 2 rings (SSSR count). The Morgan fingerprint density at radius 2 is 2.28 bits per heavy atom. The van der Waals surface area contributed by atoms with Crippen molar-refractivity contribution in [2.45, 2.75) is 19.4 Å². The summed E-state index contributed by atoms with van der Waals surface area (Å²) in [5.74, 6) is -0.570. The lowest BCUT2D eigenvalue weighted by molar-refractivity contribution is 0.0995. The Morgan fingerprint density at radius 1 is 1.50 bits per heavy atom. The Morgan fingerprint density at radius 3 is 2.78 bits per heavy atom. The van der Waals surface area contributed by atoms with E-state index in [1.807, 2.05) is 6.92 Å². The third kappa shape index (κ3) is 2.38. The van der Waals surface area contributed by atoms with Crippen LogP contribution in [0.5, 0.6) is 0 Å². The Kier molecular flexibility index (Phi) is 3.38. The summed E-state index contributed by atoms with van der Waals surface area (Å²) in [6.07, 6.45) is 3.27. The van der Waals surface area contributed by atoms with Crippen LogP contribution in [0.3, 0.4) is 0 Å². The lowest BCUT2D eigenvalue weighted by Crippen LogP contribution is -2.12. The number of aliphatic hydroxyl groups excluding tert-OH is 1. The number of nitrogens with two attached hydrogens (primary N) is 1. The molecule has 2 aromatic rings. The number of hydrogen-bond acceptors (Lipinski definition) is 4. The number of amides is 1. The standard InChI is InChI=1S/C12H14N4O2/c1-2-11(17)9-4-3-8(7-14-9)16-6-5-10(15-16)12(13)18/h3-7,11,17H,2H2,1H3,(H2,13,18)/t11-/m0/s1. The van der Waals surface area contributed by atoms with Crippen molar-refractivity contribution < 1.29 is 9.90 Å². The molecule has 0 fully saturated rings. The van der Waals surface area contributed by atoms with E-state index in [0.717, 1.165) is 0 Å². The number of aromatic nitrogens is 3. The number of nitrogens with zero attached hydrogens (tertiary/aromatic N) is 3. The minimum absolute atomic E-state index is 0.202. The molecule has 6 heteroatoms. The average molecular weight is 246 g/mol. The van der Waals surface area contributed by atoms with Gasteiger partial charge >= 0.3 is 0 Å². The van der Waals surface area contributed by atoms with E-state index in [9.17, 15) is 9.90 Å². The number of primary amides is 1. The predicted octanol–water partition coefficient (Wildman–Crippen LogP) is 0.810. The van der Waals surface area contributed by atoms with E-state index in [-0.39, 0.29) is 5.69 Å². The van der Waals surface area contributed by atoms with Gasteiger partial charge in [0.05, 0.1) is 23.7 Å². The van der Waals surface area contributed by atoms with Crippen LogP contribution in [0.4, 0.5) is 0 Å². The molecule has 0 saturated carbocycles. The molecule has 3 N–H and O–H groups in total. The van der Waals surface area contributed by atoms with Crippen molar-refractivity contribution in [2.75, 3.05) is 0 Å². The van der Waals surface area contributed by atoms with Crippen LogP contribution >= 0.6 is 0 Å². The molecule has 0 aliphatic carbocycles. The monoisotopic (exact) mass is 246 g/mol. The second-order valence-corrected chi connectivity index (χ2v) is 3.88. The average Bonchev–Trinajstić information content (AvgIpc) is 2.88. The number of carbonyl (C=O) groups excluding carboxylic acids is 1. The van der Waals surface area contributed by atoms with Gasteiger partial charge in [0.1, 0.15) is 5.69 Å². The molecule has 1 amide bonds. The van der Waals surface area contributed by atoms with Crippen LogP contribution in [0.2, 0.25) is 0 Å². The molecule has 0 spiro atoms. The van der Waals surface area contributed by atoms with E-state index in [4.69, 9.17) is 5.73 Å². The SMILES string of the molecule is CC[C@H](O)c1ccc(-n2ccc(C(N)=O)n2)cn1. The molecule has 0 unspecified atom stereocenters. The van der Waals surface area contributed by atoms with Gasteiger partial charge in [-0.3, -0.25) is 9.78 Å². The van der Waals surface area contributed by atoms with Crippen molar-refractivity contribution in [3.05, 3.63) is 42.0 Å². The van der Waals surface area contributed by atoms with Gasteiger partial charge in [-0.2, -0.15) is 5.10 Å². The smallest absolute Gasteiger partial charge is 0.269 e. The quantitative estimate of drug-likeness (QED) is 0.834. The fraction of sp³-hybridized carbons (Fsp3) is 0.250. The van der Waals surface area contributed by atoms with Gasteiger partial charge in [-0.15, -0.1) is 0 Å². The Balaban J connectivity index is 2.25. The molecular weight excluding hydrogens is 232 g/mol. The molecule has 6 nitrogen and oxygen atoms in total. The van der Waals surface area contributed by atoms with Crippen molar-refractivity contribution in [3.63, 3.8) is 0 Å². The zero-order valence-corrected chi connectivity index (χ0v) is 9.95. The maximum Gasteiger partial charge on any atom is 0.269 e. The number of rotatable bonds is 4. The Hall–Kier alpha value is -2.21. The second-order valence-electron chi connectivity index (χ2n) is 3.88. The molecule has 0 aliphatic heterocycles. The fourth-order valence-corrected chi connectivity index (χ4v) is 1.54. The minimum Gasteiger partial charge on any atom is -0.387 e. The summed E-state index contributed by atoms with van der Waals surface area (Å²) in [5, 5.41) is 13.6. The number of carbonyl (C=O) groups is 1. The summed E-state index contributed by atoms with van der Waals surface area (Å²) in [4.78, 5) is 15.1. The van der Waals surface area contributed by atoms with Crippen LogP contribution in [0.1, 0.15) is 35.6 Å². The normalized spacial score (nSPS) is 12.3. The van der Waals surface area contributed by atoms with Crippen LogP contribution in [0.25, 0.3) is 5.69 Å². The highest BCUT2D eigenvalue weighted by Gasteiger charge is 2.08. The summed E-state index contributed by atoms with van der Waals surface area (Å²) < 4.78 is 1.51. The highest BCUT2D eigenvalue weighted by molar-refractivity contribution is 5.90. The summed E-state index contributed by atoms with van der Waals surface area (Å²) in [6, 6.07) is 5.05. The van der Waals surface area contributed by atoms with Gasteiger partial charge in [-0.25, -0.2) is 4.68 Å². The Labute approximate surface area is 104 Å². The Bertz CT molecular complexity index is 547. The third-order valence-electron chi connectivity index (χ3n) is 2.60. The van der Waals surface area contributed by atoms with Crippen molar-refractivity contribution >= 4 is 5.91 Å². The summed E-state index contributed by atoms with van der Waals surface area (Å²) in [5.41, 5.74) is 6.64. The van der Waals surface area contributed by atoms with E-state index in [0.29, 0.717) is 17.8 Å².